The first kappa shape index (κ1) is 11.6. The quantitative estimate of drug-likeness (QED) is 0.841. The standard InChI is InChI=1S/C13H19FN2/c1-16(13-5-7-15-8-6-13)10-11-3-2-4-12(14)9-11/h2-4,9,13,15H,5-8,10H2,1H3. The molecule has 0 radical (unpaired) electrons. The van der Waals surface area contributed by atoms with Gasteiger partial charge in [0.2, 0.25) is 0 Å². The lowest BCUT2D eigenvalue weighted by Gasteiger charge is -2.31. The molecule has 0 bridgehead atoms. The minimum Gasteiger partial charge on any atom is -0.317 e. The van der Waals surface area contributed by atoms with Crippen LogP contribution in [0.25, 0.3) is 0 Å². The Balaban J connectivity index is 1.93. The Kier molecular flexibility index (Phi) is 3.91. The normalized spacial score (nSPS) is 17.9. The fourth-order valence-corrected chi connectivity index (χ4v) is 2.30. The summed E-state index contributed by atoms with van der Waals surface area (Å²) in [6, 6.07) is 7.51. The van der Waals surface area contributed by atoms with Crippen LogP contribution in [0.3, 0.4) is 0 Å². The van der Waals surface area contributed by atoms with Crippen LogP contribution in [0.4, 0.5) is 4.39 Å². The summed E-state index contributed by atoms with van der Waals surface area (Å²) in [6.07, 6.45) is 2.37. The molecule has 0 atom stereocenters. The number of piperidine rings is 1. The third-order valence-corrected chi connectivity index (χ3v) is 3.25. The Hall–Kier alpha value is -0.930. The monoisotopic (exact) mass is 222 g/mol. The molecule has 2 nitrogen and oxygen atoms in total. The third kappa shape index (κ3) is 3.03. The van der Waals surface area contributed by atoms with Crippen LogP contribution in [0.1, 0.15) is 18.4 Å². The molecule has 1 saturated heterocycles. The zero-order valence-electron chi connectivity index (χ0n) is 9.75. The van der Waals surface area contributed by atoms with E-state index in [1.54, 1.807) is 12.1 Å². The van der Waals surface area contributed by atoms with Crippen LogP contribution in [0.15, 0.2) is 24.3 Å². The Bertz CT molecular complexity index is 334. The van der Waals surface area contributed by atoms with Crippen LogP contribution < -0.4 is 5.32 Å². The number of rotatable bonds is 3. The van der Waals surface area contributed by atoms with E-state index in [-0.39, 0.29) is 5.82 Å². The number of hydrogen-bond donors (Lipinski definition) is 1. The lowest BCUT2D eigenvalue weighted by Crippen LogP contribution is -2.40. The van der Waals surface area contributed by atoms with Crippen molar-refractivity contribution in [2.24, 2.45) is 0 Å². The molecule has 1 aromatic rings. The van der Waals surface area contributed by atoms with Gasteiger partial charge in [0.1, 0.15) is 5.82 Å². The van der Waals surface area contributed by atoms with Gasteiger partial charge < -0.3 is 5.32 Å². The van der Waals surface area contributed by atoms with Crippen molar-refractivity contribution in [1.29, 1.82) is 0 Å². The molecule has 1 fully saturated rings. The maximum Gasteiger partial charge on any atom is 0.123 e. The van der Waals surface area contributed by atoms with Gasteiger partial charge in [-0.2, -0.15) is 0 Å². The van der Waals surface area contributed by atoms with Gasteiger partial charge in [0.25, 0.3) is 0 Å². The second kappa shape index (κ2) is 5.41. The SMILES string of the molecule is CN(Cc1cccc(F)c1)C1CCNCC1. The first-order valence-electron chi connectivity index (χ1n) is 5.91. The first-order chi connectivity index (χ1) is 7.75. The van der Waals surface area contributed by atoms with Crippen molar-refractivity contribution >= 4 is 0 Å². The lowest BCUT2D eigenvalue weighted by molar-refractivity contribution is 0.191. The number of benzene rings is 1. The molecule has 1 heterocycles. The minimum atomic E-state index is -0.142. The third-order valence-electron chi connectivity index (χ3n) is 3.25. The summed E-state index contributed by atoms with van der Waals surface area (Å²) in [5.41, 5.74) is 1.06. The van der Waals surface area contributed by atoms with Crippen LogP contribution in [0.5, 0.6) is 0 Å². The smallest absolute Gasteiger partial charge is 0.123 e. The van der Waals surface area contributed by atoms with Crippen molar-refractivity contribution in [3.8, 4) is 0 Å². The Labute approximate surface area is 96.5 Å². The molecule has 0 amide bonds. The van der Waals surface area contributed by atoms with Crippen molar-refractivity contribution in [3.63, 3.8) is 0 Å². The molecule has 1 N–H and O–H groups in total. The molecule has 0 aromatic heterocycles. The highest BCUT2D eigenvalue weighted by molar-refractivity contribution is 5.16. The van der Waals surface area contributed by atoms with Crippen LogP contribution in [0.2, 0.25) is 0 Å². The maximum absolute atomic E-state index is 13.0. The number of nitrogens with one attached hydrogen (secondary N) is 1. The molecule has 0 saturated carbocycles. The van der Waals surface area contributed by atoms with E-state index >= 15 is 0 Å². The molecule has 0 unspecified atom stereocenters. The van der Waals surface area contributed by atoms with Crippen LogP contribution in [-0.2, 0) is 6.54 Å². The molecule has 1 aromatic carbocycles. The van der Waals surface area contributed by atoms with Gasteiger partial charge in [0.15, 0.2) is 0 Å². The Morgan fingerprint density at radius 3 is 2.81 bits per heavy atom. The predicted molar refractivity (Wildman–Crippen MR) is 63.8 cm³/mol. The molecular formula is C13H19FN2. The molecular weight excluding hydrogens is 203 g/mol. The average molecular weight is 222 g/mol. The highest BCUT2D eigenvalue weighted by atomic mass is 19.1. The second-order valence-corrected chi connectivity index (χ2v) is 4.53. The van der Waals surface area contributed by atoms with E-state index < -0.39 is 0 Å². The summed E-state index contributed by atoms with van der Waals surface area (Å²) >= 11 is 0. The molecule has 16 heavy (non-hydrogen) atoms. The minimum absolute atomic E-state index is 0.142. The molecule has 1 aliphatic rings. The average Bonchev–Trinajstić information content (AvgIpc) is 2.30. The molecule has 2 rings (SSSR count). The van der Waals surface area contributed by atoms with Gasteiger partial charge in [-0.1, -0.05) is 12.1 Å². The number of hydrogen-bond acceptors (Lipinski definition) is 2. The summed E-state index contributed by atoms with van der Waals surface area (Å²) < 4.78 is 13.0. The van der Waals surface area contributed by atoms with Crippen molar-refractivity contribution in [2.45, 2.75) is 25.4 Å². The summed E-state index contributed by atoms with van der Waals surface area (Å²) in [7, 11) is 2.13. The van der Waals surface area contributed by atoms with Gasteiger partial charge in [0.05, 0.1) is 0 Å². The first-order valence-corrected chi connectivity index (χ1v) is 5.91. The van der Waals surface area contributed by atoms with Gasteiger partial charge >= 0.3 is 0 Å². The topological polar surface area (TPSA) is 15.3 Å². The van der Waals surface area contributed by atoms with Crippen molar-refractivity contribution in [3.05, 3.63) is 35.6 Å². The maximum atomic E-state index is 13.0. The highest BCUT2D eigenvalue weighted by Crippen LogP contribution is 2.14. The predicted octanol–water partition coefficient (Wildman–Crippen LogP) is 2.01. The van der Waals surface area contributed by atoms with Gasteiger partial charge in [-0.25, -0.2) is 4.39 Å². The molecule has 0 spiro atoms. The summed E-state index contributed by atoms with van der Waals surface area (Å²) in [5, 5.41) is 3.36. The van der Waals surface area contributed by atoms with Gasteiger partial charge in [-0.15, -0.1) is 0 Å². The van der Waals surface area contributed by atoms with E-state index in [1.807, 2.05) is 6.07 Å². The van der Waals surface area contributed by atoms with E-state index in [1.165, 1.54) is 18.9 Å². The fraction of sp³-hybridized carbons (Fsp3) is 0.538. The Morgan fingerprint density at radius 2 is 2.12 bits per heavy atom. The lowest BCUT2D eigenvalue weighted by atomic mass is 10.0. The van der Waals surface area contributed by atoms with Gasteiger partial charge in [-0.3, -0.25) is 4.90 Å². The number of halogens is 1. The molecule has 88 valence electrons. The van der Waals surface area contributed by atoms with E-state index in [0.29, 0.717) is 6.04 Å². The second-order valence-electron chi connectivity index (χ2n) is 4.53. The Morgan fingerprint density at radius 1 is 1.38 bits per heavy atom. The van der Waals surface area contributed by atoms with E-state index in [0.717, 1.165) is 25.2 Å². The van der Waals surface area contributed by atoms with Gasteiger partial charge in [0, 0.05) is 12.6 Å². The molecule has 1 aliphatic heterocycles. The van der Waals surface area contributed by atoms with Crippen molar-refractivity contribution in [1.82, 2.24) is 10.2 Å². The van der Waals surface area contributed by atoms with E-state index in [4.69, 9.17) is 0 Å². The summed E-state index contributed by atoms with van der Waals surface area (Å²) in [6.45, 7) is 3.03. The highest BCUT2D eigenvalue weighted by Gasteiger charge is 2.17. The molecule has 0 aliphatic carbocycles. The largest absolute Gasteiger partial charge is 0.317 e. The van der Waals surface area contributed by atoms with Crippen LogP contribution >= 0.6 is 0 Å². The van der Waals surface area contributed by atoms with E-state index in [2.05, 4.69) is 17.3 Å². The van der Waals surface area contributed by atoms with Crippen LogP contribution in [-0.4, -0.2) is 31.1 Å². The van der Waals surface area contributed by atoms with Crippen molar-refractivity contribution < 1.29 is 4.39 Å². The molecule has 3 heteroatoms. The fourth-order valence-electron chi connectivity index (χ4n) is 2.30. The summed E-state index contributed by atoms with van der Waals surface area (Å²) in [5.74, 6) is -0.142. The van der Waals surface area contributed by atoms with Crippen molar-refractivity contribution in [2.75, 3.05) is 20.1 Å². The van der Waals surface area contributed by atoms with Gasteiger partial charge in [-0.05, 0) is 50.7 Å². The van der Waals surface area contributed by atoms with E-state index in [9.17, 15) is 4.39 Å². The number of nitrogens with zero attached hydrogens (tertiary/aromatic N) is 1. The van der Waals surface area contributed by atoms with Crippen LogP contribution in [0, 0.1) is 5.82 Å². The zero-order chi connectivity index (χ0) is 11.4. The zero-order valence-corrected chi connectivity index (χ0v) is 9.75. The summed E-state index contributed by atoms with van der Waals surface area (Å²) in [4.78, 5) is 2.33.